The first kappa shape index (κ1) is 13.3. The third kappa shape index (κ3) is 4.34. The zero-order valence-corrected chi connectivity index (χ0v) is 10.1. The van der Waals surface area contributed by atoms with Crippen LogP contribution >= 0.6 is 0 Å². The summed E-state index contributed by atoms with van der Waals surface area (Å²) in [6.45, 7) is 3.97. The Labute approximate surface area is 99.4 Å². The number of methoxy groups -OCH3 is 1. The first-order valence-corrected chi connectivity index (χ1v) is 5.34. The van der Waals surface area contributed by atoms with Crippen LogP contribution in [0.4, 0.5) is 10.2 Å². The molecule has 0 saturated heterocycles. The second kappa shape index (κ2) is 6.12. The summed E-state index contributed by atoms with van der Waals surface area (Å²) in [5.41, 5.74) is 0. The van der Waals surface area contributed by atoms with Gasteiger partial charge in [-0.25, -0.2) is 14.8 Å². The van der Waals surface area contributed by atoms with Gasteiger partial charge in [0.15, 0.2) is 0 Å². The summed E-state index contributed by atoms with van der Waals surface area (Å²) in [6, 6.07) is 0.602. The quantitative estimate of drug-likeness (QED) is 0.626. The first-order chi connectivity index (χ1) is 8.02. The predicted molar refractivity (Wildman–Crippen MR) is 60.9 cm³/mol. The Kier molecular flexibility index (Phi) is 4.81. The average molecular weight is 241 g/mol. The van der Waals surface area contributed by atoms with Crippen LogP contribution in [0.1, 0.15) is 20.3 Å². The highest BCUT2D eigenvalue weighted by Gasteiger charge is 2.20. The van der Waals surface area contributed by atoms with E-state index in [0.29, 0.717) is 12.3 Å². The van der Waals surface area contributed by atoms with Crippen LogP contribution in [0, 0.1) is 11.9 Å². The molecule has 1 aromatic heterocycles. The fourth-order valence-electron chi connectivity index (χ4n) is 1.42. The number of nitrogens with one attached hydrogen (secondary N) is 1. The van der Waals surface area contributed by atoms with Crippen LogP contribution in [-0.2, 0) is 9.53 Å². The van der Waals surface area contributed by atoms with Crippen molar-refractivity contribution in [1.82, 2.24) is 9.97 Å². The van der Waals surface area contributed by atoms with Gasteiger partial charge >= 0.3 is 5.97 Å². The molecule has 1 N–H and O–H groups in total. The Bertz CT molecular complexity index is 385. The van der Waals surface area contributed by atoms with Gasteiger partial charge in [0.05, 0.1) is 7.11 Å². The van der Waals surface area contributed by atoms with E-state index in [1.165, 1.54) is 7.11 Å². The molecule has 0 aliphatic rings. The lowest BCUT2D eigenvalue weighted by molar-refractivity contribution is -0.141. The van der Waals surface area contributed by atoms with Crippen molar-refractivity contribution < 1.29 is 13.9 Å². The normalized spacial score (nSPS) is 12.3. The first-order valence-electron chi connectivity index (χ1n) is 5.34. The lowest BCUT2D eigenvalue weighted by Gasteiger charge is -2.18. The Morgan fingerprint density at radius 1 is 1.53 bits per heavy atom. The molecule has 0 amide bonds. The summed E-state index contributed by atoms with van der Waals surface area (Å²) < 4.78 is 17.5. The van der Waals surface area contributed by atoms with E-state index in [1.54, 1.807) is 0 Å². The van der Waals surface area contributed by atoms with E-state index >= 15 is 0 Å². The van der Waals surface area contributed by atoms with Crippen molar-refractivity contribution >= 4 is 11.8 Å². The van der Waals surface area contributed by atoms with Crippen molar-refractivity contribution in [3.05, 3.63) is 18.3 Å². The van der Waals surface area contributed by atoms with E-state index in [-0.39, 0.29) is 5.82 Å². The van der Waals surface area contributed by atoms with Crippen molar-refractivity contribution in [2.75, 3.05) is 12.4 Å². The van der Waals surface area contributed by atoms with Crippen LogP contribution in [0.3, 0.4) is 0 Å². The van der Waals surface area contributed by atoms with Gasteiger partial charge < -0.3 is 10.1 Å². The standard InChI is InChI=1S/C11H16FN3O2/c1-7(2)4-8(11(16)17-3)15-10-5-9(12)13-6-14-10/h5-8H,4H2,1-3H3,(H,13,14,15). The van der Waals surface area contributed by atoms with E-state index in [4.69, 9.17) is 0 Å². The van der Waals surface area contributed by atoms with E-state index < -0.39 is 18.0 Å². The molecule has 6 heteroatoms. The van der Waals surface area contributed by atoms with Crippen LogP contribution in [0.15, 0.2) is 12.4 Å². The minimum atomic E-state index is -0.643. The minimum Gasteiger partial charge on any atom is -0.467 e. The maximum atomic E-state index is 12.9. The smallest absolute Gasteiger partial charge is 0.328 e. The van der Waals surface area contributed by atoms with Gasteiger partial charge in [0.25, 0.3) is 0 Å². The molecule has 17 heavy (non-hydrogen) atoms. The third-order valence-electron chi connectivity index (χ3n) is 2.15. The van der Waals surface area contributed by atoms with Crippen LogP contribution in [0.2, 0.25) is 0 Å². The molecule has 1 heterocycles. The van der Waals surface area contributed by atoms with Crippen molar-refractivity contribution in [1.29, 1.82) is 0 Å². The molecule has 94 valence electrons. The zero-order valence-electron chi connectivity index (χ0n) is 10.1. The van der Waals surface area contributed by atoms with Gasteiger partial charge in [-0.05, 0) is 12.3 Å². The van der Waals surface area contributed by atoms with Crippen LogP contribution in [0.25, 0.3) is 0 Å². The maximum Gasteiger partial charge on any atom is 0.328 e. The summed E-state index contributed by atoms with van der Waals surface area (Å²) >= 11 is 0. The highest BCUT2D eigenvalue weighted by molar-refractivity contribution is 5.78. The number of halogens is 1. The molecule has 1 rings (SSSR count). The van der Waals surface area contributed by atoms with E-state index in [2.05, 4.69) is 20.0 Å². The number of aromatic nitrogens is 2. The number of hydrogen-bond donors (Lipinski definition) is 1. The van der Waals surface area contributed by atoms with Crippen LogP contribution < -0.4 is 5.32 Å². The lowest BCUT2D eigenvalue weighted by atomic mass is 10.0. The fraction of sp³-hybridized carbons (Fsp3) is 0.545. The number of anilines is 1. The molecule has 0 aliphatic heterocycles. The summed E-state index contributed by atoms with van der Waals surface area (Å²) in [4.78, 5) is 18.7. The van der Waals surface area contributed by atoms with Gasteiger partial charge in [-0.1, -0.05) is 13.8 Å². The van der Waals surface area contributed by atoms with Gasteiger partial charge in [0.2, 0.25) is 5.95 Å². The molecule has 0 radical (unpaired) electrons. The number of carbonyl (C=O) groups is 1. The third-order valence-corrected chi connectivity index (χ3v) is 2.15. The van der Waals surface area contributed by atoms with Gasteiger partial charge in [-0.3, -0.25) is 0 Å². The van der Waals surface area contributed by atoms with Gasteiger partial charge in [0.1, 0.15) is 18.2 Å². The predicted octanol–water partition coefficient (Wildman–Crippen LogP) is 1.62. The lowest BCUT2D eigenvalue weighted by Crippen LogP contribution is -2.32. The summed E-state index contributed by atoms with van der Waals surface area (Å²) in [7, 11) is 1.32. The molecule has 0 bridgehead atoms. The molecule has 0 spiro atoms. The number of rotatable bonds is 5. The number of ether oxygens (including phenoxy) is 1. The molecule has 1 atom stereocenters. The molecular formula is C11H16FN3O2. The molecular weight excluding hydrogens is 225 g/mol. The van der Waals surface area contributed by atoms with Crippen LogP contribution in [0.5, 0.6) is 0 Å². The van der Waals surface area contributed by atoms with Crippen LogP contribution in [-0.4, -0.2) is 29.1 Å². The Hall–Kier alpha value is -1.72. The van der Waals surface area contributed by atoms with E-state index in [9.17, 15) is 9.18 Å². The van der Waals surface area contributed by atoms with Crippen molar-refractivity contribution in [2.24, 2.45) is 5.92 Å². The maximum absolute atomic E-state index is 12.9. The molecule has 0 aliphatic carbocycles. The van der Waals surface area contributed by atoms with E-state index in [1.807, 2.05) is 13.8 Å². The molecule has 0 aromatic carbocycles. The molecule has 0 fully saturated rings. The second-order valence-corrected chi connectivity index (χ2v) is 4.08. The SMILES string of the molecule is COC(=O)C(CC(C)C)Nc1cc(F)ncn1. The number of nitrogens with zero attached hydrogens (tertiary/aromatic N) is 2. The molecule has 1 unspecified atom stereocenters. The molecule has 5 nitrogen and oxygen atoms in total. The summed E-state index contributed by atoms with van der Waals surface area (Å²) in [5, 5.41) is 2.84. The second-order valence-electron chi connectivity index (χ2n) is 4.08. The van der Waals surface area contributed by atoms with Crippen molar-refractivity contribution in [3.8, 4) is 0 Å². The minimum absolute atomic E-state index is 0.272. The largest absolute Gasteiger partial charge is 0.467 e. The Balaban J connectivity index is 2.75. The monoisotopic (exact) mass is 241 g/mol. The highest BCUT2D eigenvalue weighted by atomic mass is 19.1. The summed E-state index contributed by atoms with van der Waals surface area (Å²) in [5.74, 6) is -0.458. The van der Waals surface area contributed by atoms with Crippen molar-refractivity contribution in [3.63, 3.8) is 0 Å². The Morgan fingerprint density at radius 2 is 2.24 bits per heavy atom. The number of esters is 1. The topological polar surface area (TPSA) is 64.1 Å². The van der Waals surface area contributed by atoms with Gasteiger partial charge in [-0.15, -0.1) is 0 Å². The van der Waals surface area contributed by atoms with E-state index in [0.717, 1.165) is 12.4 Å². The number of carbonyl (C=O) groups excluding carboxylic acids is 1. The van der Waals surface area contributed by atoms with Gasteiger partial charge in [-0.2, -0.15) is 4.39 Å². The highest BCUT2D eigenvalue weighted by Crippen LogP contribution is 2.12. The van der Waals surface area contributed by atoms with Crippen molar-refractivity contribution in [2.45, 2.75) is 26.3 Å². The Morgan fingerprint density at radius 3 is 2.76 bits per heavy atom. The van der Waals surface area contributed by atoms with Gasteiger partial charge in [0, 0.05) is 6.07 Å². The number of hydrogen-bond acceptors (Lipinski definition) is 5. The zero-order chi connectivity index (χ0) is 12.8. The molecule has 0 saturated carbocycles. The fourth-order valence-corrected chi connectivity index (χ4v) is 1.42. The summed E-state index contributed by atoms with van der Waals surface area (Å²) in [6.07, 6.45) is 1.68. The molecule has 1 aromatic rings. The average Bonchev–Trinajstić information content (AvgIpc) is 2.26.